The summed E-state index contributed by atoms with van der Waals surface area (Å²) in [5.74, 6) is 1.91. The van der Waals surface area contributed by atoms with E-state index >= 15 is 0 Å². The van der Waals surface area contributed by atoms with Gasteiger partial charge in [-0.25, -0.2) is 0 Å². The smallest absolute Gasteiger partial charge is 0.231 e. The SMILES string of the molecule is O=C(CCCc1cn[nH]c1)N1CCN(Cc2ccc3c(c2)OCO3)CC1. The van der Waals surface area contributed by atoms with Gasteiger partial charge in [-0.15, -0.1) is 0 Å². The van der Waals surface area contributed by atoms with Crippen LogP contribution in [0.4, 0.5) is 0 Å². The van der Waals surface area contributed by atoms with Crippen molar-refractivity contribution in [2.24, 2.45) is 0 Å². The molecule has 26 heavy (non-hydrogen) atoms. The molecule has 0 atom stereocenters. The molecule has 1 N–H and O–H groups in total. The van der Waals surface area contributed by atoms with Crippen molar-refractivity contribution in [2.45, 2.75) is 25.8 Å². The van der Waals surface area contributed by atoms with E-state index in [2.05, 4.69) is 27.2 Å². The molecule has 1 amide bonds. The molecule has 0 unspecified atom stereocenters. The van der Waals surface area contributed by atoms with Crippen LogP contribution >= 0.6 is 0 Å². The Kier molecular flexibility index (Phi) is 5.06. The number of benzene rings is 1. The first-order valence-electron chi connectivity index (χ1n) is 9.14. The van der Waals surface area contributed by atoms with E-state index in [1.54, 1.807) is 0 Å². The molecule has 2 aromatic rings. The fourth-order valence-electron chi connectivity index (χ4n) is 3.47. The van der Waals surface area contributed by atoms with E-state index in [-0.39, 0.29) is 5.91 Å². The summed E-state index contributed by atoms with van der Waals surface area (Å²) >= 11 is 0. The predicted octanol–water partition coefficient (Wildman–Crippen LogP) is 1.81. The number of carbonyl (C=O) groups is 1. The summed E-state index contributed by atoms with van der Waals surface area (Å²) in [6.07, 6.45) is 6.08. The number of hydrogen-bond donors (Lipinski definition) is 1. The van der Waals surface area contributed by atoms with E-state index in [9.17, 15) is 4.79 Å². The molecule has 1 aromatic carbocycles. The maximum atomic E-state index is 12.4. The third-order valence-corrected chi connectivity index (χ3v) is 4.98. The molecule has 0 saturated carbocycles. The van der Waals surface area contributed by atoms with Crippen molar-refractivity contribution < 1.29 is 14.3 Å². The lowest BCUT2D eigenvalue weighted by Crippen LogP contribution is -2.48. The summed E-state index contributed by atoms with van der Waals surface area (Å²) in [7, 11) is 0. The maximum absolute atomic E-state index is 12.4. The highest BCUT2D eigenvalue weighted by Crippen LogP contribution is 2.32. The van der Waals surface area contributed by atoms with Crippen LogP contribution in [-0.4, -0.2) is 58.9 Å². The predicted molar refractivity (Wildman–Crippen MR) is 95.9 cm³/mol. The standard InChI is InChI=1S/C19H24N4O3/c24-19(3-1-2-16-11-20-21-12-16)23-8-6-22(7-9-23)13-15-4-5-17-18(10-15)26-14-25-17/h4-5,10-12H,1-3,6-9,13-14H2,(H,20,21). The van der Waals surface area contributed by atoms with E-state index in [0.29, 0.717) is 13.2 Å². The molecule has 138 valence electrons. The Morgan fingerprint density at radius 1 is 1.12 bits per heavy atom. The van der Waals surface area contributed by atoms with E-state index < -0.39 is 0 Å². The second-order valence-electron chi connectivity index (χ2n) is 6.80. The Labute approximate surface area is 152 Å². The van der Waals surface area contributed by atoms with Gasteiger partial charge in [0.15, 0.2) is 11.5 Å². The number of nitrogens with zero attached hydrogens (tertiary/aromatic N) is 3. The number of aryl methyl sites for hydroxylation is 1. The van der Waals surface area contributed by atoms with Crippen molar-refractivity contribution in [3.8, 4) is 11.5 Å². The fourth-order valence-corrected chi connectivity index (χ4v) is 3.47. The number of hydrogen-bond acceptors (Lipinski definition) is 5. The first-order valence-corrected chi connectivity index (χ1v) is 9.14. The van der Waals surface area contributed by atoms with Crippen LogP contribution < -0.4 is 9.47 Å². The summed E-state index contributed by atoms with van der Waals surface area (Å²) in [6, 6.07) is 6.11. The highest BCUT2D eigenvalue weighted by Gasteiger charge is 2.21. The number of aromatic nitrogens is 2. The largest absolute Gasteiger partial charge is 0.454 e. The van der Waals surface area contributed by atoms with E-state index in [4.69, 9.17) is 9.47 Å². The van der Waals surface area contributed by atoms with Crippen molar-refractivity contribution in [1.29, 1.82) is 0 Å². The molecule has 1 saturated heterocycles. The monoisotopic (exact) mass is 356 g/mol. The molecule has 7 nitrogen and oxygen atoms in total. The number of H-pyrrole nitrogens is 1. The van der Waals surface area contributed by atoms with Crippen LogP contribution in [-0.2, 0) is 17.8 Å². The van der Waals surface area contributed by atoms with Crippen LogP contribution in [0.15, 0.2) is 30.6 Å². The average molecular weight is 356 g/mol. The van der Waals surface area contributed by atoms with Gasteiger partial charge >= 0.3 is 0 Å². The maximum Gasteiger partial charge on any atom is 0.231 e. The van der Waals surface area contributed by atoms with Gasteiger partial charge in [0.2, 0.25) is 12.7 Å². The average Bonchev–Trinajstić information content (AvgIpc) is 3.33. The molecular formula is C19H24N4O3. The summed E-state index contributed by atoms with van der Waals surface area (Å²) in [6.45, 7) is 4.59. The van der Waals surface area contributed by atoms with Crippen LogP contribution in [0, 0.1) is 0 Å². The van der Waals surface area contributed by atoms with Gasteiger partial charge in [0, 0.05) is 45.3 Å². The lowest BCUT2D eigenvalue weighted by molar-refractivity contribution is -0.133. The molecule has 3 heterocycles. The van der Waals surface area contributed by atoms with Gasteiger partial charge in [-0.3, -0.25) is 14.8 Å². The molecule has 4 rings (SSSR count). The molecule has 0 radical (unpaired) electrons. The fraction of sp³-hybridized carbons (Fsp3) is 0.474. The Balaban J connectivity index is 1.20. The quantitative estimate of drug-likeness (QED) is 0.855. The van der Waals surface area contributed by atoms with E-state index in [0.717, 1.165) is 62.6 Å². The Bertz CT molecular complexity index is 739. The lowest BCUT2D eigenvalue weighted by atomic mass is 10.1. The van der Waals surface area contributed by atoms with Crippen LogP contribution in [0.2, 0.25) is 0 Å². The second-order valence-corrected chi connectivity index (χ2v) is 6.80. The van der Waals surface area contributed by atoms with Crippen molar-refractivity contribution in [3.05, 3.63) is 41.7 Å². The zero-order valence-electron chi connectivity index (χ0n) is 14.8. The molecule has 2 aliphatic rings. The first-order chi connectivity index (χ1) is 12.8. The molecule has 7 heteroatoms. The Morgan fingerprint density at radius 2 is 1.96 bits per heavy atom. The zero-order valence-corrected chi connectivity index (χ0v) is 14.8. The van der Waals surface area contributed by atoms with Crippen LogP contribution in [0.1, 0.15) is 24.0 Å². The normalized spacial score (nSPS) is 16.8. The molecule has 0 spiro atoms. The lowest BCUT2D eigenvalue weighted by Gasteiger charge is -2.34. The topological polar surface area (TPSA) is 70.7 Å². The number of aromatic amines is 1. The highest BCUT2D eigenvalue weighted by atomic mass is 16.7. The number of fused-ring (bicyclic) bond motifs is 1. The van der Waals surface area contributed by atoms with Crippen LogP contribution in [0.3, 0.4) is 0 Å². The van der Waals surface area contributed by atoms with Gasteiger partial charge in [0.1, 0.15) is 0 Å². The van der Waals surface area contributed by atoms with Gasteiger partial charge in [-0.2, -0.15) is 5.10 Å². The molecular weight excluding hydrogens is 332 g/mol. The van der Waals surface area contributed by atoms with E-state index in [1.807, 2.05) is 23.4 Å². The van der Waals surface area contributed by atoms with Crippen molar-refractivity contribution in [3.63, 3.8) is 0 Å². The summed E-state index contributed by atoms with van der Waals surface area (Å²) in [4.78, 5) is 16.7. The minimum Gasteiger partial charge on any atom is -0.454 e. The minimum absolute atomic E-state index is 0.260. The van der Waals surface area contributed by atoms with Crippen LogP contribution in [0.25, 0.3) is 0 Å². The minimum atomic E-state index is 0.260. The first kappa shape index (κ1) is 16.9. The van der Waals surface area contributed by atoms with Crippen molar-refractivity contribution in [1.82, 2.24) is 20.0 Å². The molecule has 1 fully saturated rings. The Morgan fingerprint density at radius 3 is 2.77 bits per heavy atom. The van der Waals surface area contributed by atoms with Gasteiger partial charge < -0.3 is 14.4 Å². The van der Waals surface area contributed by atoms with Crippen molar-refractivity contribution >= 4 is 5.91 Å². The number of carbonyl (C=O) groups excluding carboxylic acids is 1. The van der Waals surface area contributed by atoms with Gasteiger partial charge in [0.05, 0.1) is 6.20 Å². The molecule has 2 aliphatic heterocycles. The molecule has 0 bridgehead atoms. The number of ether oxygens (including phenoxy) is 2. The van der Waals surface area contributed by atoms with E-state index in [1.165, 1.54) is 5.56 Å². The highest BCUT2D eigenvalue weighted by molar-refractivity contribution is 5.76. The number of nitrogens with one attached hydrogen (secondary N) is 1. The third kappa shape index (κ3) is 3.99. The van der Waals surface area contributed by atoms with Gasteiger partial charge in [-0.1, -0.05) is 6.07 Å². The number of piperazine rings is 1. The second kappa shape index (κ2) is 7.78. The van der Waals surface area contributed by atoms with Gasteiger partial charge in [-0.05, 0) is 36.1 Å². The summed E-state index contributed by atoms with van der Waals surface area (Å²) in [5, 5.41) is 6.73. The summed E-state index contributed by atoms with van der Waals surface area (Å²) < 4.78 is 10.8. The zero-order chi connectivity index (χ0) is 17.8. The third-order valence-electron chi connectivity index (χ3n) is 4.98. The van der Waals surface area contributed by atoms with Crippen molar-refractivity contribution in [2.75, 3.05) is 33.0 Å². The Hall–Kier alpha value is -2.54. The molecule has 1 aromatic heterocycles. The molecule has 0 aliphatic carbocycles. The number of amides is 1. The summed E-state index contributed by atoms with van der Waals surface area (Å²) in [5.41, 5.74) is 2.38. The van der Waals surface area contributed by atoms with Crippen LogP contribution in [0.5, 0.6) is 11.5 Å². The number of rotatable bonds is 6. The van der Waals surface area contributed by atoms with Gasteiger partial charge in [0.25, 0.3) is 0 Å².